The average molecular weight is 286 g/mol. The van der Waals surface area contributed by atoms with Crippen molar-refractivity contribution in [3.8, 4) is 0 Å². The number of methoxy groups -OCH3 is 1. The quantitative estimate of drug-likeness (QED) is 0.666. The number of nitrogens with zero attached hydrogens (tertiary/aromatic N) is 2. The van der Waals surface area contributed by atoms with Crippen LogP contribution < -0.4 is 5.73 Å². The van der Waals surface area contributed by atoms with Crippen molar-refractivity contribution >= 4 is 29.2 Å². The summed E-state index contributed by atoms with van der Waals surface area (Å²) < 4.78 is 4.56. The first kappa shape index (κ1) is 15.2. The van der Waals surface area contributed by atoms with E-state index in [1.807, 2.05) is 0 Å². The molecule has 0 saturated carbocycles. The maximum absolute atomic E-state index is 12.3. The number of anilines is 1. The van der Waals surface area contributed by atoms with E-state index >= 15 is 0 Å². The fraction of sp³-hybridized carbons (Fsp3) is 0.417. The highest BCUT2D eigenvalue weighted by Gasteiger charge is 2.24. The van der Waals surface area contributed by atoms with Gasteiger partial charge in [-0.2, -0.15) is 0 Å². The molecule has 1 aromatic heterocycles. The summed E-state index contributed by atoms with van der Waals surface area (Å²) in [5, 5.41) is 0.0507. The van der Waals surface area contributed by atoms with Crippen molar-refractivity contribution < 1.29 is 14.3 Å². The van der Waals surface area contributed by atoms with Gasteiger partial charge in [0, 0.05) is 6.04 Å². The number of hydrogen-bond acceptors (Lipinski definition) is 5. The van der Waals surface area contributed by atoms with Crippen LogP contribution in [0.15, 0.2) is 12.3 Å². The van der Waals surface area contributed by atoms with Gasteiger partial charge in [0.25, 0.3) is 5.91 Å². The minimum absolute atomic E-state index is 0.0507. The normalized spacial score (nSPS) is 10.4. The van der Waals surface area contributed by atoms with Crippen molar-refractivity contribution in [3.63, 3.8) is 0 Å². The highest BCUT2D eigenvalue weighted by atomic mass is 35.5. The number of amides is 1. The molecule has 0 aromatic carbocycles. The molecule has 0 aliphatic carbocycles. The monoisotopic (exact) mass is 285 g/mol. The predicted octanol–water partition coefficient (Wildman–Crippen LogP) is 1.34. The third-order valence-corrected chi connectivity index (χ3v) is 2.80. The molecule has 1 rings (SSSR count). The Labute approximate surface area is 116 Å². The van der Waals surface area contributed by atoms with Crippen LogP contribution in [0.5, 0.6) is 0 Å². The number of aromatic nitrogens is 1. The van der Waals surface area contributed by atoms with Gasteiger partial charge in [-0.15, -0.1) is 0 Å². The van der Waals surface area contributed by atoms with Gasteiger partial charge < -0.3 is 15.4 Å². The molecule has 0 spiro atoms. The smallest absolute Gasteiger partial charge is 0.325 e. The molecule has 0 fully saturated rings. The maximum Gasteiger partial charge on any atom is 0.325 e. The van der Waals surface area contributed by atoms with Crippen molar-refractivity contribution in [2.75, 3.05) is 19.4 Å². The Bertz CT molecular complexity index is 491. The van der Waals surface area contributed by atoms with E-state index in [1.54, 1.807) is 13.8 Å². The zero-order valence-electron chi connectivity index (χ0n) is 11.0. The van der Waals surface area contributed by atoms with Gasteiger partial charge in [-0.3, -0.25) is 9.59 Å². The lowest BCUT2D eigenvalue weighted by atomic mass is 10.2. The van der Waals surface area contributed by atoms with Crippen LogP contribution in [0.2, 0.25) is 5.15 Å². The molecule has 0 atom stereocenters. The molecular weight excluding hydrogens is 270 g/mol. The molecule has 0 radical (unpaired) electrons. The van der Waals surface area contributed by atoms with Gasteiger partial charge in [-0.25, -0.2) is 4.98 Å². The second-order valence-corrected chi connectivity index (χ2v) is 4.57. The van der Waals surface area contributed by atoms with E-state index < -0.39 is 11.9 Å². The molecule has 0 unspecified atom stereocenters. The first-order chi connectivity index (χ1) is 8.86. The maximum atomic E-state index is 12.3. The summed E-state index contributed by atoms with van der Waals surface area (Å²) >= 11 is 5.88. The van der Waals surface area contributed by atoms with E-state index in [0.717, 1.165) is 0 Å². The van der Waals surface area contributed by atoms with E-state index in [4.69, 9.17) is 17.3 Å². The third-order valence-electron chi connectivity index (χ3n) is 2.50. The Kier molecular flexibility index (Phi) is 5.11. The number of nitrogen functional groups attached to an aromatic ring is 1. The van der Waals surface area contributed by atoms with Gasteiger partial charge in [0.1, 0.15) is 11.7 Å². The minimum atomic E-state index is -0.505. The number of nitrogens with two attached hydrogens (primary N) is 1. The van der Waals surface area contributed by atoms with Crippen molar-refractivity contribution in [2.24, 2.45) is 0 Å². The Morgan fingerprint density at radius 1 is 1.53 bits per heavy atom. The Morgan fingerprint density at radius 2 is 2.16 bits per heavy atom. The van der Waals surface area contributed by atoms with Gasteiger partial charge in [0.2, 0.25) is 0 Å². The largest absolute Gasteiger partial charge is 0.468 e. The van der Waals surface area contributed by atoms with Crippen LogP contribution in [-0.2, 0) is 9.53 Å². The lowest BCUT2D eigenvalue weighted by Gasteiger charge is -2.25. The summed E-state index contributed by atoms with van der Waals surface area (Å²) in [7, 11) is 1.26. The zero-order valence-corrected chi connectivity index (χ0v) is 11.8. The molecule has 2 N–H and O–H groups in total. The minimum Gasteiger partial charge on any atom is -0.468 e. The van der Waals surface area contributed by atoms with Gasteiger partial charge in [-0.05, 0) is 19.9 Å². The molecule has 104 valence electrons. The van der Waals surface area contributed by atoms with E-state index in [-0.39, 0.29) is 23.3 Å². The van der Waals surface area contributed by atoms with Crippen molar-refractivity contribution in [3.05, 3.63) is 23.0 Å². The van der Waals surface area contributed by atoms with Crippen LogP contribution >= 0.6 is 11.6 Å². The summed E-state index contributed by atoms with van der Waals surface area (Å²) in [6.07, 6.45) is 1.36. The topological polar surface area (TPSA) is 85.5 Å². The van der Waals surface area contributed by atoms with Crippen molar-refractivity contribution in [2.45, 2.75) is 19.9 Å². The van der Waals surface area contributed by atoms with Gasteiger partial charge in [-0.1, -0.05) is 11.6 Å². The lowest BCUT2D eigenvalue weighted by Crippen LogP contribution is -2.41. The molecule has 1 amide bonds. The molecule has 0 bridgehead atoms. The highest BCUT2D eigenvalue weighted by Crippen LogP contribution is 2.18. The van der Waals surface area contributed by atoms with Gasteiger partial charge >= 0.3 is 5.97 Å². The van der Waals surface area contributed by atoms with Crippen LogP contribution in [-0.4, -0.2) is 41.5 Å². The second kappa shape index (κ2) is 6.38. The predicted molar refractivity (Wildman–Crippen MR) is 71.8 cm³/mol. The van der Waals surface area contributed by atoms with E-state index in [9.17, 15) is 9.59 Å². The standard InChI is InChI=1S/C12H16ClN3O3/c1-7(2)16(6-10(17)19-3)12(18)9-4-8(14)5-15-11(9)13/h4-5,7H,6,14H2,1-3H3. The number of ether oxygens (including phenoxy) is 1. The number of carbonyl (C=O) groups is 2. The second-order valence-electron chi connectivity index (χ2n) is 4.21. The fourth-order valence-corrected chi connectivity index (χ4v) is 1.65. The average Bonchev–Trinajstić information content (AvgIpc) is 2.37. The van der Waals surface area contributed by atoms with Crippen LogP contribution in [0.4, 0.5) is 5.69 Å². The fourth-order valence-electron chi connectivity index (χ4n) is 1.46. The van der Waals surface area contributed by atoms with Crippen LogP contribution in [0.1, 0.15) is 24.2 Å². The van der Waals surface area contributed by atoms with Crippen molar-refractivity contribution in [1.29, 1.82) is 0 Å². The molecule has 1 heterocycles. The Balaban J connectivity index is 3.05. The summed E-state index contributed by atoms with van der Waals surface area (Å²) in [5.74, 6) is -0.916. The molecule has 6 nitrogen and oxygen atoms in total. The van der Waals surface area contributed by atoms with Crippen LogP contribution in [0, 0.1) is 0 Å². The van der Waals surface area contributed by atoms with E-state index in [1.165, 1.54) is 24.3 Å². The summed E-state index contributed by atoms with van der Waals surface area (Å²) in [6, 6.07) is 1.24. The SMILES string of the molecule is COC(=O)CN(C(=O)c1cc(N)cnc1Cl)C(C)C. The first-order valence-electron chi connectivity index (χ1n) is 5.65. The van der Waals surface area contributed by atoms with E-state index in [0.29, 0.717) is 5.69 Å². The molecule has 1 aromatic rings. The molecular formula is C12H16ClN3O3. The van der Waals surface area contributed by atoms with Crippen molar-refractivity contribution in [1.82, 2.24) is 9.88 Å². The number of esters is 1. The number of pyridine rings is 1. The van der Waals surface area contributed by atoms with Crippen LogP contribution in [0.3, 0.4) is 0 Å². The van der Waals surface area contributed by atoms with Gasteiger partial charge in [0.15, 0.2) is 0 Å². The Hall–Kier alpha value is -1.82. The van der Waals surface area contributed by atoms with Gasteiger partial charge in [0.05, 0.1) is 24.6 Å². The summed E-state index contributed by atoms with van der Waals surface area (Å²) in [5.41, 5.74) is 6.08. The molecule has 0 aliphatic rings. The number of hydrogen-bond donors (Lipinski definition) is 1. The molecule has 0 saturated heterocycles. The van der Waals surface area contributed by atoms with Crippen LogP contribution in [0.25, 0.3) is 0 Å². The molecule has 0 aliphatic heterocycles. The third kappa shape index (κ3) is 3.82. The first-order valence-corrected chi connectivity index (χ1v) is 6.03. The number of carbonyl (C=O) groups excluding carboxylic acids is 2. The zero-order chi connectivity index (χ0) is 14.6. The lowest BCUT2D eigenvalue weighted by molar-refractivity contribution is -0.141. The number of rotatable bonds is 4. The summed E-state index contributed by atoms with van der Waals surface area (Å²) in [4.78, 5) is 28.8. The summed E-state index contributed by atoms with van der Waals surface area (Å²) in [6.45, 7) is 3.42. The molecule has 19 heavy (non-hydrogen) atoms. The number of halogens is 1. The highest BCUT2D eigenvalue weighted by molar-refractivity contribution is 6.32. The Morgan fingerprint density at radius 3 is 2.68 bits per heavy atom. The molecule has 7 heteroatoms. The van der Waals surface area contributed by atoms with E-state index in [2.05, 4.69) is 9.72 Å².